The highest BCUT2D eigenvalue weighted by molar-refractivity contribution is 7.18. The van der Waals surface area contributed by atoms with Crippen LogP contribution in [-0.2, 0) is 4.74 Å². The van der Waals surface area contributed by atoms with E-state index in [-0.39, 0.29) is 12.1 Å². The van der Waals surface area contributed by atoms with Gasteiger partial charge < -0.3 is 10.1 Å². The first-order valence-corrected chi connectivity index (χ1v) is 7.22. The number of nitrogens with one attached hydrogen (secondary N) is 1. The topological polar surface area (TPSA) is 34.1 Å². The summed E-state index contributed by atoms with van der Waals surface area (Å²) in [6.45, 7) is 7.87. The molecule has 1 aromatic heterocycles. The average molecular weight is 264 g/mol. The number of para-hydroxylation sites is 1. The van der Waals surface area contributed by atoms with E-state index in [0.29, 0.717) is 0 Å². The lowest BCUT2D eigenvalue weighted by Gasteiger charge is -2.16. The molecule has 3 nitrogen and oxygen atoms in total. The Balaban J connectivity index is 1.98. The summed E-state index contributed by atoms with van der Waals surface area (Å²) in [5.41, 5.74) is 1.09. The minimum Gasteiger partial charge on any atom is -0.377 e. The molecule has 0 radical (unpaired) electrons. The molecule has 0 spiro atoms. The van der Waals surface area contributed by atoms with Gasteiger partial charge in [-0.15, -0.1) is 11.3 Å². The quantitative estimate of drug-likeness (QED) is 0.868. The summed E-state index contributed by atoms with van der Waals surface area (Å²) >= 11 is 1.76. The Morgan fingerprint density at radius 1 is 1.33 bits per heavy atom. The number of benzene rings is 1. The lowest BCUT2D eigenvalue weighted by Crippen LogP contribution is -2.29. The van der Waals surface area contributed by atoms with E-state index in [1.165, 1.54) is 4.70 Å². The predicted octanol–water partition coefficient (Wildman–Crippen LogP) is 3.37. The van der Waals surface area contributed by atoms with E-state index in [4.69, 9.17) is 4.74 Å². The number of thiazole rings is 1. The Kier molecular flexibility index (Phi) is 4.69. The molecule has 1 heterocycles. The van der Waals surface area contributed by atoms with Crippen LogP contribution in [0.2, 0.25) is 0 Å². The van der Waals surface area contributed by atoms with Crippen molar-refractivity contribution in [3.63, 3.8) is 0 Å². The summed E-state index contributed by atoms with van der Waals surface area (Å²) < 4.78 is 6.76. The van der Waals surface area contributed by atoms with Crippen LogP contribution in [0.25, 0.3) is 10.2 Å². The summed E-state index contributed by atoms with van der Waals surface area (Å²) in [7, 11) is 0. The molecule has 2 unspecified atom stereocenters. The highest BCUT2D eigenvalue weighted by atomic mass is 32.1. The minimum atomic E-state index is 0.242. The molecule has 0 aliphatic carbocycles. The molecule has 0 fully saturated rings. The Hall–Kier alpha value is -0.970. The molecule has 0 saturated carbocycles. The molecule has 0 saturated heterocycles. The fourth-order valence-electron chi connectivity index (χ4n) is 1.85. The normalized spacial score (nSPS) is 14.8. The fourth-order valence-corrected chi connectivity index (χ4v) is 2.84. The van der Waals surface area contributed by atoms with Gasteiger partial charge in [-0.2, -0.15) is 0 Å². The van der Waals surface area contributed by atoms with Gasteiger partial charge in [-0.3, -0.25) is 0 Å². The van der Waals surface area contributed by atoms with Gasteiger partial charge in [-0.25, -0.2) is 4.98 Å². The zero-order chi connectivity index (χ0) is 13.0. The van der Waals surface area contributed by atoms with Crippen molar-refractivity contribution in [2.45, 2.75) is 32.9 Å². The van der Waals surface area contributed by atoms with Gasteiger partial charge >= 0.3 is 0 Å². The van der Waals surface area contributed by atoms with Crippen LogP contribution in [0.5, 0.6) is 0 Å². The van der Waals surface area contributed by atoms with Gasteiger partial charge in [-0.1, -0.05) is 12.1 Å². The molecule has 0 bridgehead atoms. The molecule has 18 heavy (non-hydrogen) atoms. The van der Waals surface area contributed by atoms with Crippen molar-refractivity contribution in [3.8, 4) is 0 Å². The molecule has 98 valence electrons. The first-order valence-electron chi connectivity index (χ1n) is 6.41. The van der Waals surface area contributed by atoms with Crippen molar-refractivity contribution >= 4 is 21.6 Å². The van der Waals surface area contributed by atoms with E-state index in [1.807, 2.05) is 13.0 Å². The second-order valence-electron chi connectivity index (χ2n) is 4.42. The van der Waals surface area contributed by atoms with Gasteiger partial charge in [0.1, 0.15) is 5.01 Å². The number of hydrogen-bond donors (Lipinski definition) is 1. The molecule has 2 rings (SSSR count). The minimum absolute atomic E-state index is 0.242. The fraction of sp³-hybridized carbons (Fsp3) is 0.500. The van der Waals surface area contributed by atoms with Crippen LogP contribution >= 0.6 is 11.3 Å². The van der Waals surface area contributed by atoms with Crippen LogP contribution in [0.1, 0.15) is 31.8 Å². The Morgan fingerprint density at radius 3 is 2.83 bits per heavy atom. The molecule has 0 aliphatic rings. The van der Waals surface area contributed by atoms with E-state index >= 15 is 0 Å². The largest absolute Gasteiger partial charge is 0.377 e. The van der Waals surface area contributed by atoms with Crippen molar-refractivity contribution in [1.29, 1.82) is 0 Å². The van der Waals surface area contributed by atoms with Crippen molar-refractivity contribution in [2.75, 3.05) is 13.2 Å². The number of rotatable bonds is 6. The van der Waals surface area contributed by atoms with Gasteiger partial charge in [-0.05, 0) is 32.9 Å². The van der Waals surface area contributed by atoms with Gasteiger partial charge in [0.2, 0.25) is 0 Å². The zero-order valence-electron chi connectivity index (χ0n) is 11.1. The molecule has 2 aromatic rings. The van der Waals surface area contributed by atoms with Crippen LogP contribution in [0.4, 0.5) is 0 Å². The Morgan fingerprint density at radius 2 is 2.11 bits per heavy atom. The summed E-state index contributed by atoms with van der Waals surface area (Å²) in [6.07, 6.45) is 0.242. The van der Waals surface area contributed by atoms with Crippen LogP contribution < -0.4 is 5.32 Å². The average Bonchev–Trinajstić information content (AvgIpc) is 2.80. The molecule has 0 aliphatic heterocycles. The monoisotopic (exact) mass is 264 g/mol. The van der Waals surface area contributed by atoms with Crippen LogP contribution in [0.15, 0.2) is 24.3 Å². The third kappa shape index (κ3) is 3.28. The first-order chi connectivity index (χ1) is 8.70. The number of aromatic nitrogens is 1. The Bertz CT molecular complexity index is 464. The van der Waals surface area contributed by atoms with Crippen molar-refractivity contribution in [3.05, 3.63) is 29.3 Å². The Labute approximate surface area is 112 Å². The third-order valence-corrected chi connectivity index (χ3v) is 4.06. The van der Waals surface area contributed by atoms with Crippen molar-refractivity contribution in [1.82, 2.24) is 10.3 Å². The van der Waals surface area contributed by atoms with E-state index < -0.39 is 0 Å². The summed E-state index contributed by atoms with van der Waals surface area (Å²) in [6, 6.07) is 8.53. The molecule has 1 aromatic carbocycles. The second-order valence-corrected chi connectivity index (χ2v) is 5.48. The first kappa shape index (κ1) is 13.5. The molecule has 4 heteroatoms. The van der Waals surface area contributed by atoms with Crippen LogP contribution in [-0.4, -0.2) is 24.2 Å². The zero-order valence-corrected chi connectivity index (χ0v) is 12.0. The number of hydrogen-bond acceptors (Lipinski definition) is 4. The van der Waals surface area contributed by atoms with E-state index in [9.17, 15) is 0 Å². The van der Waals surface area contributed by atoms with E-state index in [1.54, 1.807) is 11.3 Å². The number of nitrogens with zero attached hydrogens (tertiary/aromatic N) is 1. The molecular weight excluding hydrogens is 244 g/mol. The van der Waals surface area contributed by atoms with Gasteiger partial charge in [0, 0.05) is 13.2 Å². The standard InChI is InChI=1S/C14H20N2OS/c1-4-17-10(2)9-15-11(3)14-16-12-7-5-6-8-13(12)18-14/h5-8,10-11,15H,4,9H2,1-3H3. The maximum Gasteiger partial charge on any atom is 0.111 e. The predicted molar refractivity (Wildman–Crippen MR) is 77.1 cm³/mol. The third-order valence-electron chi connectivity index (χ3n) is 2.84. The van der Waals surface area contributed by atoms with Crippen molar-refractivity contribution in [2.24, 2.45) is 0 Å². The van der Waals surface area contributed by atoms with Gasteiger partial charge in [0.25, 0.3) is 0 Å². The van der Waals surface area contributed by atoms with Crippen LogP contribution in [0, 0.1) is 0 Å². The maximum absolute atomic E-state index is 5.51. The molecule has 1 N–H and O–H groups in total. The molecule has 2 atom stereocenters. The summed E-state index contributed by atoms with van der Waals surface area (Å²) in [5.74, 6) is 0. The van der Waals surface area contributed by atoms with Gasteiger partial charge in [0.15, 0.2) is 0 Å². The lowest BCUT2D eigenvalue weighted by atomic mass is 10.3. The SMILES string of the molecule is CCOC(C)CNC(C)c1nc2ccccc2s1. The lowest BCUT2D eigenvalue weighted by molar-refractivity contribution is 0.0743. The summed E-state index contributed by atoms with van der Waals surface area (Å²) in [5, 5.41) is 4.61. The number of ether oxygens (including phenoxy) is 1. The molecule has 0 amide bonds. The smallest absolute Gasteiger partial charge is 0.111 e. The van der Waals surface area contributed by atoms with Crippen molar-refractivity contribution < 1.29 is 4.74 Å². The maximum atomic E-state index is 5.51. The molecular formula is C14H20N2OS. The second kappa shape index (κ2) is 6.27. The van der Waals surface area contributed by atoms with E-state index in [0.717, 1.165) is 23.7 Å². The highest BCUT2D eigenvalue weighted by Gasteiger charge is 2.12. The van der Waals surface area contributed by atoms with Crippen LogP contribution in [0.3, 0.4) is 0 Å². The summed E-state index contributed by atoms with van der Waals surface area (Å²) in [4.78, 5) is 4.65. The van der Waals surface area contributed by atoms with Gasteiger partial charge in [0.05, 0.1) is 22.4 Å². The number of fused-ring (bicyclic) bond motifs is 1. The highest BCUT2D eigenvalue weighted by Crippen LogP contribution is 2.25. The van der Waals surface area contributed by atoms with E-state index in [2.05, 4.69) is 42.3 Å².